The van der Waals surface area contributed by atoms with Crippen LogP contribution in [0.5, 0.6) is 0 Å². The Balaban J connectivity index is 1.45. The van der Waals surface area contributed by atoms with Crippen molar-refractivity contribution >= 4 is 40.6 Å². The Kier molecular flexibility index (Phi) is 5.54. The predicted molar refractivity (Wildman–Crippen MR) is 120 cm³/mol. The average molecular weight is 489 g/mol. The van der Waals surface area contributed by atoms with Gasteiger partial charge in [0.05, 0.1) is 5.69 Å². The molecule has 168 valence electrons. The number of nitrogens with zero attached hydrogens (tertiary/aromatic N) is 3. The first-order chi connectivity index (χ1) is 15.8. The van der Waals surface area contributed by atoms with Crippen molar-refractivity contribution in [3.63, 3.8) is 0 Å². The van der Waals surface area contributed by atoms with Gasteiger partial charge in [0.2, 0.25) is 0 Å². The quantitative estimate of drug-likeness (QED) is 0.340. The maximum absolute atomic E-state index is 13.6. The van der Waals surface area contributed by atoms with Crippen LogP contribution in [-0.4, -0.2) is 20.5 Å². The Morgan fingerprint density at radius 1 is 1.09 bits per heavy atom. The molecule has 1 aliphatic carbocycles. The summed E-state index contributed by atoms with van der Waals surface area (Å²) < 4.78 is 41.6. The molecule has 1 amide bonds. The monoisotopic (exact) mass is 488 g/mol. The first kappa shape index (κ1) is 21.8. The Bertz CT molecular complexity index is 1350. The number of fused-ring (bicyclic) bond motifs is 1. The predicted octanol–water partition coefficient (Wildman–Crippen LogP) is 6.68. The third kappa shape index (κ3) is 4.69. The lowest BCUT2D eigenvalue weighted by Gasteiger charge is -2.10. The number of hydrogen-bond acceptors (Lipinski definition) is 4. The van der Waals surface area contributed by atoms with Crippen molar-refractivity contribution in [2.45, 2.75) is 34.7 Å². The van der Waals surface area contributed by atoms with Gasteiger partial charge in [-0.15, -0.1) is 0 Å². The number of aromatic nitrogens is 3. The Labute approximate surface area is 196 Å². The smallest absolute Gasteiger partial charge is 0.320 e. The molecule has 33 heavy (non-hydrogen) atoms. The normalized spacial score (nSPS) is 13.9. The lowest BCUT2D eigenvalue weighted by molar-refractivity contribution is -0.142. The third-order valence-corrected chi connectivity index (χ3v) is 6.48. The number of nitrogens with one attached hydrogen (secondary N) is 1. The van der Waals surface area contributed by atoms with E-state index < -0.39 is 17.8 Å². The molecular formula is C23H16ClF3N4OS. The van der Waals surface area contributed by atoms with Crippen LogP contribution in [0.3, 0.4) is 0 Å². The molecule has 0 atom stereocenters. The second-order valence-corrected chi connectivity index (χ2v) is 9.20. The fraction of sp³-hybridized carbons (Fsp3) is 0.174. The number of halogens is 4. The highest BCUT2D eigenvalue weighted by molar-refractivity contribution is 7.99. The van der Waals surface area contributed by atoms with Crippen LogP contribution in [0.1, 0.15) is 40.6 Å². The van der Waals surface area contributed by atoms with E-state index in [1.165, 1.54) is 17.8 Å². The zero-order valence-corrected chi connectivity index (χ0v) is 18.5. The van der Waals surface area contributed by atoms with Gasteiger partial charge in [0, 0.05) is 32.5 Å². The number of carbonyl (C=O) groups excluding carboxylic acids is 1. The molecule has 0 saturated heterocycles. The number of para-hydroxylation sites is 1. The van der Waals surface area contributed by atoms with Gasteiger partial charge >= 0.3 is 6.18 Å². The van der Waals surface area contributed by atoms with E-state index in [1.807, 2.05) is 24.3 Å². The summed E-state index contributed by atoms with van der Waals surface area (Å²) in [6, 6.07) is 16.7. The topological polar surface area (TPSA) is 59.3 Å². The summed E-state index contributed by atoms with van der Waals surface area (Å²) in [5.74, 6) is -0.592. The van der Waals surface area contributed by atoms with Crippen LogP contribution in [-0.2, 0) is 6.18 Å². The van der Waals surface area contributed by atoms with Crippen molar-refractivity contribution in [3.8, 4) is 0 Å². The van der Waals surface area contributed by atoms with Gasteiger partial charge in [0.15, 0.2) is 11.3 Å². The minimum absolute atomic E-state index is 0.000648. The highest BCUT2D eigenvalue weighted by atomic mass is 35.5. The van der Waals surface area contributed by atoms with Gasteiger partial charge in [-0.25, -0.2) is 9.50 Å². The van der Waals surface area contributed by atoms with Crippen molar-refractivity contribution in [2.24, 2.45) is 0 Å². The molecule has 0 aliphatic heterocycles. The van der Waals surface area contributed by atoms with E-state index >= 15 is 0 Å². The molecule has 1 aliphatic rings. The van der Waals surface area contributed by atoms with Gasteiger partial charge in [-0.2, -0.15) is 18.3 Å². The van der Waals surface area contributed by atoms with E-state index in [-0.39, 0.29) is 17.3 Å². The molecule has 0 bridgehead atoms. The van der Waals surface area contributed by atoms with Crippen molar-refractivity contribution in [1.29, 1.82) is 0 Å². The van der Waals surface area contributed by atoms with Crippen LogP contribution in [0.4, 0.5) is 18.9 Å². The van der Waals surface area contributed by atoms with Crippen LogP contribution in [0.25, 0.3) is 5.65 Å². The van der Waals surface area contributed by atoms with E-state index in [0.29, 0.717) is 20.9 Å². The van der Waals surface area contributed by atoms with Gasteiger partial charge < -0.3 is 5.32 Å². The maximum Gasteiger partial charge on any atom is 0.433 e. The van der Waals surface area contributed by atoms with Gasteiger partial charge in [-0.05, 0) is 55.3 Å². The number of hydrogen-bond donors (Lipinski definition) is 1. The summed E-state index contributed by atoms with van der Waals surface area (Å²) in [7, 11) is 0. The summed E-state index contributed by atoms with van der Waals surface area (Å²) in [4.78, 5) is 18.9. The van der Waals surface area contributed by atoms with E-state index in [9.17, 15) is 18.0 Å². The summed E-state index contributed by atoms with van der Waals surface area (Å²) in [5, 5.41) is 7.29. The molecule has 1 N–H and O–H groups in total. The molecular weight excluding hydrogens is 473 g/mol. The number of carbonyl (C=O) groups is 1. The lowest BCUT2D eigenvalue weighted by Crippen LogP contribution is -2.16. The molecule has 0 spiro atoms. The fourth-order valence-electron chi connectivity index (χ4n) is 3.37. The minimum Gasteiger partial charge on any atom is -0.320 e. The summed E-state index contributed by atoms with van der Waals surface area (Å²) in [6.45, 7) is 0. The number of amides is 1. The minimum atomic E-state index is -4.62. The van der Waals surface area contributed by atoms with Crippen molar-refractivity contribution in [3.05, 3.63) is 82.8 Å². The Morgan fingerprint density at radius 3 is 2.52 bits per heavy atom. The van der Waals surface area contributed by atoms with Crippen LogP contribution >= 0.6 is 23.4 Å². The number of alkyl halides is 3. The van der Waals surface area contributed by atoms with E-state index in [4.69, 9.17) is 11.6 Å². The van der Waals surface area contributed by atoms with Crippen molar-refractivity contribution in [1.82, 2.24) is 14.6 Å². The van der Waals surface area contributed by atoms with Gasteiger partial charge in [0.1, 0.15) is 5.69 Å². The highest BCUT2D eigenvalue weighted by Gasteiger charge is 2.37. The molecule has 5 nitrogen and oxygen atoms in total. The van der Waals surface area contributed by atoms with Gasteiger partial charge in [-0.1, -0.05) is 35.5 Å². The standard InChI is InChI=1S/C23H16ClF3N4OS/c24-14-7-9-15(10-8-14)33-19-4-2-1-3-16(19)29-22(32)18-12-21-28-17(13-5-6-13)11-20(23(25,26)27)31(21)30-18/h1-4,7-13H,5-6H2,(H,29,32). The first-order valence-electron chi connectivity index (χ1n) is 10.1. The van der Waals surface area contributed by atoms with Crippen LogP contribution in [0.15, 0.2) is 70.5 Å². The SMILES string of the molecule is O=C(Nc1ccccc1Sc1ccc(Cl)cc1)c1cc2nc(C3CC3)cc(C(F)(F)F)n2n1. The number of benzene rings is 2. The highest BCUT2D eigenvalue weighted by Crippen LogP contribution is 2.41. The zero-order valence-electron chi connectivity index (χ0n) is 16.9. The van der Waals surface area contributed by atoms with E-state index in [1.54, 1.807) is 24.3 Å². The fourth-order valence-corrected chi connectivity index (χ4v) is 4.40. The molecule has 1 saturated carbocycles. The molecule has 4 aromatic rings. The largest absolute Gasteiger partial charge is 0.433 e. The second-order valence-electron chi connectivity index (χ2n) is 7.64. The summed E-state index contributed by atoms with van der Waals surface area (Å²) in [5.41, 5.74) is -0.186. The molecule has 10 heteroatoms. The average Bonchev–Trinajstić information content (AvgIpc) is 3.53. The summed E-state index contributed by atoms with van der Waals surface area (Å²) in [6.07, 6.45) is -3.00. The maximum atomic E-state index is 13.6. The molecule has 5 rings (SSSR count). The van der Waals surface area contributed by atoms with Crippen LogP contribution in [0.2, 0.25) is 5.02 Å². The van der Waals surface area contributed by atoms with E-state index in [2.05, 4.69) is 15.4 Å². The van der Waals surface area contributed by atoms with E-state index in [0.717, 1.165) is 28.7 Å². The van der Waals surface area contributed by atoms with Gasteiger partial charge in [-0.3, -0.25) is 4.79 Å². The second kappa shape index (κ2) is 8.39. The third-order valence-electron chi connectivity index (χ3n) is 5.14. The van der Waals surface area contributed by atoms with Crippen molar-refractivity contribution < 1.29 is 18.0 Å². The van der Waals surface area contributed by atoms with Crippen LogP contribution in [0, 0.1) is 0 Å². The molecule has 2 aromatic carbocycles. The first-order valence-corrected chi connectivity index (χ1v) is 11.3. The zero-order chi connectivity index (χ0) is 23.2. The molecule has 2 heterocycles. The number of rotatable bonds is 5. The molecule has 1 fully saturated rings. The Morgan fingerprint density at radius 2 is 1.82 bits per heavy atom. The van der Waals surface area contributed by atoms with Crippen molar-refractivity contribution in [2.75, 3.05) is 5.32 Å². The lowest BCUT2D eigenvalue weighted by atomic mass is 10.2. The molecule has 0 unspecified atom stereocenters. The molecule has 0 radical (unpaired) electrons. The Hall–Kier alpha value is -3.04. The van der Waals surface area contributed by atoms with Crippen LogP contribution < -0.4 is 5.32 Å². The summed E-state index contributed by atoms with van der Waals surface area (Å²) >= 11 is 7.36. The van der Waals surface area contributed by atoms with Gasteiger partial charge in [0.25, 0.3) is 5.91 Å². The molecule has 2 aromatic heterocycles. The number of anilines is 1.